The molecule has 0 radical (unpaired) electrons. The topological polar surface area (TPSA) is 121 Å². The number of nitrogens with zero attached hydrogens (tertiary/aromatic N) is 1. The second-order valence-electron chi connectivity index (χ2n) is 6.92. The average molecular weight is 403 g/mol. The monoisotopic (exact) mass is 403 g/mol. The van der Waals surface area contributed by atoms with Crippen molar-refractivity contribution in [3.8, 4) is 11.1 Å². The minimum atomic E-state index is -3.82. The molecular formula is C19H21N3O5S. The molecule has 9 heteroatoms. The van der Waals surface area contributed by atoms with E-state index >= 15 is 0 Å². The van der Waals surface area contributed by atoms with Crippen molar-refractivity contribution in [2.45, 2.75) is 24.6 Å². The summed E-state index contributed by atoms with van der Waals surface area (Å²) in [5, 5.41) is 9.94. The number of carbonyl (C=O) groups is 1. The van der Waals surface area contributed by atoms with Gasteiger partial charge in [0.1, 0.15) is 0 Å². The van der Waals surface area contributed by atoms with E-state index in [1.54, 1.807) is 12.3 Å². The molecule has 1 aromatic carbocycles. The largest absolute Gasteiger partial charge is 0.361 e. The first-order chi connectivity index (χ1) is 13.2. The molecular weight excluding hydrogens is 382 g/mol. The van der Waals surface area contributed by atoms with E-state index in [-0.39, 0.29) is 18.5 Å². The van der Waals surface area contributed by atoms with Crippen LogP contribution in [0.2, 0.25) is 0 Å². The molecule has 2 heterocycles. The maximum Gasteiger partial charge on any atom is 0.264 e. The van der Waals surface area contributed by atoms with Gasteiger partial charge in [-0.3, -0.25) is 14.8 Å². The molecule has 0 saturated carbocycles. The summed E-state index contributed by atoms with van der Waals surface area (Å²) in [5.74, 6) is -1.03. The number of H-pyrrole nitrogens is 1. The van der Waals surface area contributed by atoms with E-state index in [1.165, 1.54) is 23.0 Å². The molecule has 3 aromatic rings. The molecule has 28 heavy (non-hydrogen) atoms. The van der Waals surface area contributed by atoms with E-state index in [1.807, 2.05) is 30.5 Å². The lowest BCUT2D eigenvalue weighted by Crippen LogP contribution is -2.49. The lowest BCUT2D eigenvalue weighted by molar-refractivity contribution is -0.131. The molecule has 0 fully saturated rings. The number of hydrogen-bond acceptors (Lipinski definition) is 5. The van der Waals surface area contributed by atoms with Gasteiger partial charge in [0, 0.05) is 36.8 Å². The summed E-state index contributed by atoms with van der Waals surface area (Å²) in [6.07, 6.45) is 4.17. The third-order valence-corrected chi connectivity index (χ3v) is 7.14. The third-order valence-electron chi connectivity index (χ3n) is 5.11. The summed E-state index contributed by atoms with van der Waals surface area (Å²) in [6.45, 7) is 1.23. The number of aryl methyl sites for hydroxylation is 1. The average Bonchev–Trinajstić information content (AvgIpc) is 3.12. The minimum Gasteiger partial charge on any atom is -0.361 e. The summed E-state index contributed by atoms with van der Waals surface area (Å²) >= 11 is 0. The Morgan fingerprint density at radius 1 is 1.21 bits per heavy atom. The minimum absolute atomic E-state index is 0.00572. The van der Waals surface area contributed by atoms with Gasteiger partial charge in [-0.05, 0) is 48.1 Å². The van der Waals surface area contributed by atoms with Gasteiger partial charge in [0.25, 0.3) is 11.5 Å². The van der Waals surface area contributed by atoms with Crippen LogP contribution < -0.4 is 11.0 Å². The van der Waals surface area contributed by atoms with Crippen molar-refractivity contribution in [1.29, 1.82) is 0 Å². The highest BCUT2D eigenvalue weighted by Crippen LogP contribution is 2.24. The Morgan fingerprint density at radius 2 is 1.93 bits per heavy atom. The van der Waals surface area contributed by atoms with Crippen molar-refractivity contribution in [2.75, 3.05) is 6.26 Å². The van der Waals surface area contributed by atoms with Gasteiger partial charge in [-0.2, -0.15) is 0 Å². The van der Waals surface area contributed by atoms with E-state index in [0.29, 0.717) is 0 Å². The maximum atomic E-state index is 12.5. The van der Waals surface area contributed by atoms with Crippen LogP contribution in [0.4, 0.5) is 0 Å². The van der Waals surface area contributed by atoms with Gasteiger partial charge in [-0.25, -0.2) is 13.9 Å². The van der Waals surface area contributed by atoms with Crippen molar-refractivity contribution in [2.24, 2.45) is 0 Å². The summed E-state index contributed by atoms with van der Waals surface area (Å²) < 4.78 is 23.5. The molecule has 0 aliphatic heterocycles. The van der Waals surface area contributed by atoms with Gasteiger partial charge < -0.3 is 9.55 Å². The molecule has 1 atom stereocenters. The predicted molar refractivity (Wildman–Crippen MR) is 106 cm³/mol. The molecule has 0 aliphatic rings. The van der Waals surface area contributed by atoms with E-state index in [9.17, 15) is 18.0 Å². The van der Waals surface area contributed by atoms with Gasteiger partial charge >= 0.3 is 0 Å². The van der Waals surface area contributed by atoms with Crippen LogP contribution >= 0.6 is 0 Å². The number of fused-ring (bicyclic) bond motifs is 1. The van der Waals surface area contributed by atoms with E-state index < -0.39 is 20.5 Å². The van der Waals surface area contributed by atoms with Gasteiger partial charge in [0.15, 0.2) is 14.6 Å². The van der Waals surface area contributed by atoms with Crippen LogP contribution in [-0.2, 0) is 21.2 Å². The van der Waals surface area contributed by atoms with Crippen LogP contribution in [0, 0.1) is 0 Å². The molecule has 3 N–H and O–H groups in total. The fourth-order valence-corrected chi connectivity index (χ4v) is 3.86. The van der Waals surface area contributed by atoms with Crippen LogP contribution in [0.3, 0.4) is 0 Å². The SMILES string of the molecule is CC(CCn1ccc(-c2ccc3cc[nH]c3c2)cc1=O)(C(=O)NO)S(C)(=O)=O. The number of aromatic nitrogens is 2. The molecule has 0 bridgehead atoms. The van der Waals surface area contributed by atoms with Crippen molar-refractivity contribution >= 4 is 26.6 Å². The second-order valence-corrected chi connectivity index (χ2v) is 9.37. The third kappa shape index (κ3) is 3.58. The second kappa shape index (κ2) is 7.25. The molecule has 2 aromatic heterocycles. The number of pyridine rings is 1. The van der Waals surface area contributed by atoms with Crippen LogP contribution in [0.5, 0.6) is 0 Å². The highest BCUT2D eigenvalue weighted by atomic mass is 32.2. The van der Waals surface area contributed by atoms with Crippen molar-refractivity contribution in [1.82, 2.24) is 15.0 Å². The number of hydrogen-bond donors (Lipinski definition) is 3. The zero-order valence-corrected chi connectivity index (χ0v) is 16.3. The quantitative estimate of drug-likeness (QED) is 0.427. The number of sulfone groups is 1. The zero-order chi connectivity index (χ0) is 20.5. The Balaban J connectivity index is 1.86. The summed E-state index contributed by atoms with van der Waals surface area (Å²) in [5.41, 5.74) is 3.65. The first-order valence-electron chi connectivity index (χ1n) is 8.58. The van der Waals surface area contributed by atoms with Crippen LogP contribution in [0.15, 0.2) is 53.6 Å². The molecule has 3 rings (SSSR count). The number of hydroxylamine groups is 1. The van der Waals surface area contributed by atoms with Gasteiger partial charge in [0.05, 0.1) is 0 Å². The first-order valence-corrected chi connectivity index (χ1v) is 10.5. The van der Waals surface area contributed by atoms with E-state index in [0.717, 1.165) is 28.3 Å². The standard InChI is InChI=1S/C19H21N3O5S/c1-19(18(24)21-25,28(2,26)27)7-10-22-9-6-15(12-17(22)23)14-4-3-13-5-8-20-16(13)11-14/h3-6,8-9,11-12,20,25H,7,10H2,1-2H3,(H,21,24). The fraction of sp³-hybridized carbons (Fsp3) is 0.263. The lowest BCUT2D eigenvalue weighted by Gasteiger charge is -2.25. The van der Waals surface area contributed by atoms with Crippen molar-refractivity contribution < 1.29 is 18.4 Å². The zero-order valence-electron chi connectivity index (χ0n) is 15.5. The van der Waals surface area contributed by atoms with Crippen molar-refractivity contribution in [3.63, 3.8) is 0 Å². The highest BCUT2D eigenvalue weighted by Gasteiger charge is 2.43. The summed E-state index contributed by atoms with van der Waals surface area (Å²) in [4.78, 5) is 27.5. The van der Waals surface area contributed by atoms with Gasteiger partial charge in [-0.15, -0.1) is 0 Å². The van der Waals surface area contributed by atoms with E-state index in [4.69, 9.17) is 5.21 Å². The van der Waals surface area contributed by atoms with Gasteiger partial charge in [-0.1, -0.05) is 12.1 Å². The lowest BCUT2D eigenvalue weighted by atomic mass is 10.0. The number of aromatic amines is 1. The van der Waals surface area contributed by atoms with Crippen LogP contribution in [-0.4, -0.2) is 40.1 Å². The Bertz CT molecular complexity index is 1200. The fourth-order valence-electron chi connectivity index (χ4n) is 3.02. The molecule has 1 amide bonds. The first kappa shape index (κ1) is 19.8. The number of nitrogens with one attached hydrogen (secondary N) is 2. The van der Waals surface area contributed by atoms with Crippen molar-refractivity contribution in [3.05, 3.63) is 59.1 Å². The normalized spacial score (nSPS) is 14.0. The molecule has 148 valence electrons. The molecule has 8 nitrogen and oxygen atoms in total. The number of rotatable bonds is 6. The summed E-state index contributed by atoms with van der Waals surface area (Å²) in [6, 6.07) is 11.0. The molecule has 1 unspecified atom stereocenters. The summed E-state index contributed by atoms with van der Waals surface area (Å²) in [7, 11) is -3.82. The van der Waals surface area contributed by atoms with E-state index in [2.05, 4.69) is 4.98 Å². The molecule has 0 spiro atoms. The Labute approximate surface area is 161 Å². The molecule has 0 saturated heterocycles. The molecule has 0 aliphatic carbocycles. The number of carbonyl (C=O) groups excluding carboxylic acids is 1. The Hall–Kier alpha value is -2.91. The predicted octanol–water partition coefficient (Wildman–Crippen LogP) is 1.70. The Kier molecular flexibility index (Phi) is 5.14. The Morgan fingerprint density at radius 3 is 2.57 bits per heavy atom. The maximum absolute atomic E-state index is 12.5. The van der Waals surface area contributed by atoms with Crippen LogP contribution in [0.1, 0.15) is 13.3 Å². The van der Waals surface area contributed by atoms with Gasteiger partial charge in [0.2, 0.25) is 0 Å². The number of amides is 1. The highest BCUT2D eigenvalue weighted by molar-refractivity contribution is 7.92. The van der Waals surface area contributed by atoms with Crippen LogP contribution in [0.25, 0.3) is 22.0 Å². The smallest absolute Gasteiger partial charge is 0.264 e. The number of benzene rings is 1.